The molecule has 0 radical (unpaired) electrons. The van der Waals surface area contributed by atoms with Crippen molar-refractivity contribution in [1.29, 1.82) is 0 Å². The number of unbranched alkanes of at least 4 members (excludes halogenated alkanes) is 2. The Balaban J connectivity index is 1.62. The average molecular weight is 662 g/mol. The summed E-state index contributed by atoms with van der Waals surface area (Å²) in [6.45, 7) is 10.2. The van der Waals surface area contributed by atoms with E-state index in [4.69, 9.17) is 9.47 Å². The molecule has 49 heavy (non-hydrogen) atoms. The number of rotatable bonds is 18. The third kappa shape index (κ3) is 7.94. The molecular formula is C41H52B2O6. The molecule has 258 valence electrons. The Bertz CT molecular complexity index is 1510. The van der Waals surface area contributed by atoms with Crippen molar-refractivity contribution in [1.82, 2.24) is 0 Å². The lowest BCUT2D eigenvalue weighted by Gasteiger charge is -2.34. The molecule has 2 unspecified atom stereocenters. The topological polar surface area (TPSA) is 99.4 Å². The van der Waals surface area contributed by atoms with Crippen LogP contribution in [0.25, 0.3) is 11.1 Å². The van der Waals surface area contributed by atoms with Crippen LogP contribution in [0, 0.1) is 11.8 Å². The molecule has 0 heterocycles. The number of fused-ring (bicyclic) bond motifs is 3. The number of ether oxygens (including phenoxy) is 2. The molecule has 1 aliphatic rings. The Morgan fingerprint density at radius 2 is 0.939 bits per heavy atom. The maximum Gasteiger partial charge on any atom is 0.488 e. The quantitative estimate of drug-likeness (QED) is 0.0790. The molecule has 6 nitrogen and oxygen atoms in total. The van der Waals surface area contributed by atoms with Crippen LogP contribution in [0.3, 0.4) is 0 Å². The van der Waals surface area contributed by atoms with Gasteiger partial charge in [0.25, 0.3) is 0 Å². The van der Waals surface area contributed by atoms with Gasteiger partial charge < -0.3 is 29.6 Å². The molecule has 1 aliphatic carbocycles. The van der Waals surface area contributed by atoms with Crippen LogP contribution >= 0.6 is 0 Å². The van der Waals surface area contributed by atoms with Gasteiger partial charge in [0.1, 0.15) is 11.5 Å². The van der Waals surface area contributed by atoms with Crippen LogP contribution in [0.2, 0.25) is 0 Å². The minimum absolute atomic E-state index is 0.383. The Labute approximate surface area is 293 Å². The van der Waals surface area contributed by atoms with Gasteiger partial charge in [-0.3, -0.25) is 0 Å². The second kappa shape index (κ2) is 16.9. The van der Waals surface area contributed by atoms with E-state index >= 15 is 0 Å². The summed E-state index contributed by atoms with van der Waals surface area (Å²) in [7, 11) is -3.29. The molecule has 0 saturated heterocycles. The van der Waals surface area contributed by atoms with Crippen LogP contribution in [0.15, 0.2) is 84.9 Å². The smallest absolute Gasteiger partial charge is 0.488 e. The molecule has 4 aromatic rings. The molecule has 8 heteroatoms. The maximum atomic E-state index is 10.3. The molecule has 4 N–H and O–H groups in total. The summed E-state index contributed by atoms with van der Waals surface area (Å²) >= 11 is 0. The largest absolute Gasteiger partial charge is 0.493 e. The zero-order chi connectivity index (χ0) is 35.0. The first-order valence-electron chi connectivity index (χ1n) is 18.2. The van der Waals surface area contributed by atoms with Gasteiger partial charge in [0.05, 0.1) is 18.6 Å². The molecule has 0 aliphatic heterocycles. The summed E-state index contributed by atoms with van der Waals surface area (Å²) in [5.41, 5.74) is 5.43. The predicted molar refractivity (Wildman–Crippen MR) is 201 cm³/mol. The van der Waals surface area contributed by atoms with Crippen LogP contribution in [0.5, 0.6) is 11.5 Å². The average Bonchev–Trinajstić information content (AvgIpc) is 3.42. The van der Waals surface area contributed by atoms with E-state index in [0.717, 1.165) is 70.6 Å². The number of benzene rings is 4. The summed E-state index contributed by atoms with van der Waals surface area (Å²) in [6, 6.07) is 27.4. The highest BCUT2D eigenvalue weighted by molar-refractivity contribution is 6.59. The Morgan fingerprint density at radius 1 is 0.551 bits per heavy atom. The maximum absolute atomic E-state index is 10.3. The van der Waals surface area contributed by atoms with Crippen molar-refractivity contribution in [2.45, 2.75) is 84.5 Å². The number of hydrogen-bond donors (Lipinski definition) is 4. The van der Waals surface area contributed by atoms with E-state index in [0.29, 0.717) is 36.0 Å². The van der Waals surface area contributed by atoms with E-state index < -0.39 is 19.7 Å². The first-order chi connectivity index (χ1) is 23.8. The van der Waals surface area contributed by atoms with Crippen molar-refractivity contribution in [3.05, 3.63) is 107 Å². The van der Waals surface area contributed by atoms with Crippen molar-refractivity contribution < 1.29 is 29.6 Å². The molecule has 5 rings (SSSR count). The van der Waals surface area contributed by atoms with Gasteiger partial charge in [-0.2, -0.15) is 0 Å². The van der Waals surface area contributed by atoms with Crippen molar-refractivity contribution in [3.8, 4) is 22.6 Å². The summed E-state index contributed by atoms with van der Waals surface area (Å²) < 4.78 is 12.6. The fourth-order valence-corrected chi connectivity index (χ4v) is 7.30. The van der Waals surface area contributed by atoms with Crippen molar-refractivity contribution in [3.63, 3.8) is 0 Å². The highest BCUT2D eigenvalue weighted by Crippen LogP contribution is 2.56. The van der Waals surface area contributed by atoms with Gasteiger partial charge in [-0.05, 0) is 93.2 Å². The van der Waals surface area contributed by atoms with E-state index in [1.165, 1.54) is 25.7 Å². The van der Waals surface area contributed by atoms with E-state index in [2.05, 4.69) is 52.0 Å². The first kappa shape index (κ1) is 36.7. The highest BCUT2D eigenvalue weighted by atomic mass is 16.5. The molecule has 0 saturated carbocycles. The summed E-state index contributed by atoms with van der Waals surface area (Å²) in [4.78, 5) is 0. The second-order valence-corrected chi connectivity index (χ2v) is 13.6. The third-order valence-electron chi connectivity index (χ3n) is 10.4. The molecule has 0 aromatic heterocycles. The minimum Gasteiger partial charge on any atom is -0.493 e. The van der Waals surface area contributed by atoms with Gasteiger partial charge in [-0.1, -0.05) is 127 Å². The summed E-state index contributed by atoms with van der Waals surface area (Å²) in [5.74, 6) is 2.60. The predicted octanol–water partition coefficient (Wildman–Crippen LogP) is 6.60. The Hall–Kier alpha value is -3.55. The van der Waals surface area contributed by atoms with Crippen molar-refractivity contribution in [2.24, 2.45) is 11.8 Å². The lowest BCUT2D eigenvalue weighted by Crippen LogP contribution is -2.35. The lowest BCUT2D eigenvalue weighted by molar-refractivity contribution is 0.233. The Kier molecular flexibility index (Phi) is 12.7. The second-order valence-electron chi connectivity index (χ2n) is 13.6. The zero-order valence-electron chi connectivity index (χ0n) is 29.6. The van der Waals surface area contributed by atoms with Crippen LogP contribution in [0.1, 0.15) is 101 Å². The fraction of sp³-hybridized carbons (Fsp3) is 0.415. The van der Waals surface area contributed by atoms with Crippen LogP contribution in [0.4, 0.5) is 0 Å². The van der Waals surface area contributed by atoms with Gasteiger partial charge in [0.2, 0.25) is 0 Å². The lowest BCUT2D eigenvalue weighted by atomic mass is 9.65. The highest BCUT2D eigenvalue weighted by Gasteiger charge is 2.47. The summed E-state index contributed by atoms with van der Waals surface area (Å²) in [5, 5.41) is 41.1. The monoisotopic (exact) mass is 662 g/mol. The van der Waals surface area contributed by atoms with Crippen LogP contribution < -0.4 is 20.4 Å². The van der Waals surface area contributed by atoms with E-state index in [1.807, 2.05) is 48.5 Å². The molecule has 0 bridgehead atoms. The number of hydrogen-bond acceptors (Lipinski definition) is 6. The molecule has 0 amide bonds. The Morgan fingerprint density at radius 3 is 1.27 bits per heavy atom. The van der Waals surface area contributed by atoms with E-state index in [1.54, 1.807) is 12.1 Å². The summed E-state index contributed by atoms with van der Waals surface area (Å²) in [6.07, 6.45) is 9.18. The van der Waals surface area contributed by atoms with Crippen LogP contribution in [-0.2, 0) is 5.41 Å². The van der Waals surface area contributed by atoms with Gasteiger partial charge in [0, 0.05) is 0 Å². The minimum atomic E-state index is -1.65. The molecule has 4 aromatic carbocycles. The molecule has 0 fully saturated rings. The van der Waals surface area contributed by atoms with Gasteiger partial charge in [-0.15, -0.1) is 0 Å². The van der Waals surface area contributed by atoms with Crippen molar-refractivity contribution >= 4 is 25.2 Å². The van der Waals surface area contributed by atoms with Crippen molar-refractivity contribution in [2.75, 3.05) is 13.2 Å². The SMILES string of the molecule is CCCCC(CC)COc1ccc(C2(c3ccc(OCC(CC)CCCC)cc3)c3cc(B(O)O)ccc3-c3ccc(B(O)O)cc32)cc1. The van der Waals surface area contributed by atoms with E-state index in [-0.39, 0.29) is 0 Å². The van der Waals surface area contributed by atoms with E-state index in [9.17, 15) is 20.1 Å². The third-order valence-corrected chi connectivity index (χ3v) is 10.4. The van der Waals surface area contributed by atoms with Gasteiger partial charge >= 0.3 is 14.2 Å². The van der Waals surface area contributed by atoms with Crippen LogP contribution in [-0.4, -0.2) is 47.5 Å². The molecule has 2 atom stereocenters. The fourth-order valence-electron chi connectivity index (χ4n) is 7.30. The van der Waals surface area contributed by atoms with Gasteiger partial charge in [0.15, 0.2) is 0 Å². The molecular weight excluding hydrogens is 610 g/mol. The molecule has 0 spiro atoms. The van der Waals surface area contributed by atoms with Gasteiger partial charge in [-0.25, -0.2) is 0 Å². The zero-order valence-corrected chi connectivity index (χ0v) is 29.6. The first-order valence-corrected chi connectivity index (χ1v) is 18.2. The standard InChI is InChI=1S/C41H52B2O6/c1-5-9-11-29(7-3)27-48-35-19-13-31(14-20-35)41(32-15-21-36(22-16-32)49-28-30(8-4)12-10-6-2)39-25-33(42(44)45)17-23-37(39)38-24-18-34(43(46)47)26-40(38)41/h13-26,29-30,44-47H,5-12,27-28H2,1-4H3. The normalized spacial score (nSPS) is 14.1.